The molecule has 3 aliphatic heterocycles. The van der Waals surface area contributed by atoms with E-state index >= 15 is 0 Å². The Morgan fingerprint density at radius 2 is 1.44 bits per heavy atom. The Morgan fingerprint density at radius 1 is 0.745 bits per heavy atom. The summed E-state index contributed by atoms with van der Waals surface area (Å²) in [6.45, 7) is 15.8. The van der Waals surface area contributed by atoms with Crippen LogP contribution in [-0.2, 0) is 23.7 Å². The van der Waals surface area contributed by atoms with Crippen LogP contribution in [0.1, 0.15) is 107 Å². The van der Waals surface area contributed by atoms with E-state index in [1.807, 2.05) is 0 Å². The van der Waals surface area contributed by atoms with E-state index in [4.69, 9.17) is 23.7 Å². The van der Waals surface area contributed by atoms with Gasteiger partial charge >= 0.3 is 0 Å². The Morgan fingerprint density at radius 3 is 2.07 bits per heavy atom. The Kier molecular flexibility index (Phi) is 11.1. The third-order valence-electron chi connectivity index (χ3n) is 17.0. The minimum Gasteiger partial charge on any atom is -0.394 e. The second-order valence-corrected chi connectivity index (χ2v) is 20.8. The van der Waals surface area contributed by atoms with E-state index in [-0.39, 0.29) is 41.8 Å². The Hall–Kier alpha value is -0.560. The molecule has 3 saturated heterocycles. The van der Waals surface area contributed by atoms with Crippen LogP contribution in [0.5, 0.6) is 0 Å². The summed E-state index contributed by atoms with van der Waals surface area (Å²) >= 11 is 0. The third kappa shape index (κ3) is 6.50. The molecular weight excluding hydrogens is 716 g/mol. The number of fused-ring (bicyclic) bond motifs is 5. The van der Waals surface area contributed by atoms with Crippen LogP contribution in [0, 0.1) is 45.3 Å². The van der Waals surface area contributed by atoms with E-state index in [1.54, 1.807) is 13.8 Å². The SMILES string of the molecule is CC(C)(O)[C@@H]1CC[C@@](C)([C@H]2CC[C@]3(C)[C@@H]2[C@@H](O)C[C@@H]2[C@@]4(C)CC[C@@H](O)C(C)(C)C4[C@H](O[C@@H]4O[C@H](CO)[C@@H](O)[C@H](O)[C@H]4O[C@@H]4OC[C@@H](O)[C@H](O)[C@H]4O)C[C@]23C)O1. The molecule has 9 N–H and O–H groups in total. The van der Waals surface area contributed by atoms with Crippen molar-refractivity contribution in [3.8, 4) is 0 Å². The molecule has 7 aliphatic rings. The zero-order valence-electron chi connectivity index (χ0n) is 34.0. The number of rotatable bonds is 7. The van der Waals surface area contributed by atoms with Crippen LogP contribution in [0.25, 0.3) is 0 Å². The van der Waals surface area contributed by atoms with Gasteiger partial charge in [0, 0.05) is 0 Å². The average Bonchev–Trinajstić information content (AvgIpc) is 3.70. The molecule has 0 bridgehead atoms. The zero-order valence-corrected chi connectivity index (χ0v) is 34.0. The molecule has 0 aromatic rings. The summed E-state index contributed by atoms with van der Waals surface area (Å²) in [6.07, 6.45) is -9.89. The van der Waals surface area contributed by atoms with Gasteiger partial charge in [-0.2, -0.15) is 0 Å². The van der Waals surface area contributed by atoms with Gasteiger partial charge in [0.15, 0.2) is 12.6 Å². The maximum atomic E-state index is 12.4. The second-order valence-electron chi connectivity index (χ2n) is 20.8. The number of aliphatic hydroxyl groups excluding tert-OH is 8. The smallest absolute Gasteiger partial charge is 0.187 e. The van der Waals surface area contributed by atoms with E-state index in [2.05, 4.69) is 41.5 Å². The Balaban J connectivity index is 1.25. The van der Waals surface area contributed by atoms with Gasteiger partial charge in [0.05, 0.1) is 48.8 Å². The number of ether oxygens (including phenoxy) is 5. The van der Waals surface area contributed by atoms with Gasteiger partial charge in [-0.15, -0.1) is 0 Å². The molecule has 3 heterocycles. The molecule has 7 rings (SSSR count). The number of hydrogen-bond acceptors (Lipinski definition) is 14. The van der Waals surface area contributed by atoms with E-state index < -0.39 is 108 Å². The van der Waals surface area contributed by atoms with E-state index in [9.17, 15) is 46.0 Å². The van der Waals surface area contributed by atoms with Crippen LogP contribution >= 0.6 is 0 Å². The van der Waals surface area contributed by atoms with Crippen molar-refractivity contribution >= 4 is 0 Å². The summed E-state index contributed by atoms with van der Waals surface area (Å²) in [6, 6.07) is 0. The van der Waals surface area contributed by atoms with Crippen molar-refractivity contribution in [3.05, 3.63) is 0 Å². The van der Waals surface area contributed by atoms with Crippen LogP contribution < -0.4 is 0 Å². The molecule has 14 heteroatoms. The summed E-state index contributed by atoms with van der Waals surface area (Å²) in [5.41, 5.74) is -3.33. The molecule has 0 aromatic heterocycles. The molecule has 318 valence electrons. The highest BCUT2D eigenvalue weighted by atomic mass is 16.8. The first-order valence-electron chi connectivity index (χ1n) is 20.8. The maximum Gasteiger partial charge on any atom is 0.187 e. The van der Waals surface area contributed by atoms with Crippen LogP contribution in [0.15, 0.2) is 0 Å². The number of aliphatic hydroxyl groups is 9. The lowest BCUT2D eigenvalue weighted by molar-refractivity contribution is -0.377. The van der Waals surface area contributed by atoms with Gasteiger partial charge in [-0.05, 0) is 117 Å². The van der Waals surface area contributed by atoms with Crippen LogP contribution in [-0.4, -0.2) is 150 Å². The fraction of sp³-hybridized carbons (Fsp3) is 1.00. The van der Waals surface area contributed by atoms with E-state index in [0.29, 0.717) is 25.7 Å². The van der Waals surface area contributed by atoms with Gasteiger partial charge < -0.3 is 69.6 Å². The van der Waals surface area contributed by atoms with Gasteiger partial charge in [-0.3, -0.25) is 0 Å². The van der Waals surface area contributed by atoms with Crippen molar-refractivity contribution in [1.29, 1.82) is 0 Å². The van der Waals surface area contributed by atoms with Crippen LogP contribution in [0.3, 0.4) is 0 Å². The lowest BCUT2D eigenvalue weighted by Gasteiger charge is -2.72. The zero-order chi connectivity index (χ0) is 40.4. The monoisotopic (exact) mass is 786 g/mol. The first-order chi connectivity index (χ1) is 25.4. The molecule has 0 radical (unpaired) electrons. The van der Waals surface area contributed by atoms with Crippen molar-refractivity contribution < 1.29 is 69.6 Å². The van der Waals surface area contributed by atoms with Gasteiger partial charge in [0.1, 0.15) is 42.7 Å². The van der Waals surface area contributed by atoms with Crippen molar-refractivity contribution in [2.45, 2.75) is 198 Å². The van der Waals surface area contributed by atoms with E-state index in [1.165, 1.54) is 0 Å². The van der Waals surface area contributed by atoms with Crippen molar-refractivity contribution in [2.24, 2.45) is 45.3 Å². The predicted octanol–water partition coefficient (Wildman–Crippen LogP) is 0.970. The standard InChI is InChI=1S/C41H70O14/c1-36(2)25(45)10-12-38(5)24-15-20(43)27-19(41(8)14-11-26(55-41)37(3,4)50)9-13-39(27,6)40(24,7)16-22(33(36)38)52-35-32(30(48)29(47)23(17-42)53-35)54-34-31(49)28(46)21(44)18-51-34/h19-35,42-50H,9-18H2,1-8H3/t19-,20-,21+,22+,23+,24+,25+,26-,27-,28-,29+,30-,31+,32+,33?,34-,35+,38+,39+,40+,41-/m0/s1. The summed E-state index contributed by atoms with van der Waals surface area (Å²) in [5.74, 6) is -0.233. The van der Waals surface area contributed by atoms with Crippen LogP contribution in [0.2, 0.25) is 0 Å². The Bertz CT molecular complexity index is 1390. The molecule has 0 amide bonds. The molecular formula is C41H70O14. The van der Waals surface area contributed by atoms with Crippen molar-refractivity contribution in [3.63, 3.8) is 0 Å². The van der Waals surface area contributed by atoms with E-state index in [0.717, 1.165) is 25.7 Å². The third-order valence-corrected chi connectivity index (χ3v) is 17.0. The molecule has 0 aromatic carbocycles. The first kappa shape index (κ1) is 42.6. The largest absolute Gasteiger partial charge is 0.394 e. The lowest BCUT2D eigenvalue weighted by Crippen LogP contribution is -2.71. The van der Waals surface area contributed by atoms with Gasteiger partial charge in [0.25, 0.3) is 0 Å². The predicted molar refractivity (Wildman–Crippen MR) is 196 cm³/mol. The fourth-order valence-electron chi connectivity index (χ4n) is 13.9. The minimum absolute atomic E-state index is 0.0590. The molecule has 14 nitrogen and oxygen atoms in total. The molecule has 4 saturated carbocycles. The van der Waals surface area contributed by atoms with Crippen molar-refractivity contribution in [2.75, 3.05) is 13.2 Å². The maximum absolute atomic E-state index is 12.4. The summed E-state index contributed by atoms with van der Waals surface area (Å²) in [7, 11) is 0. The normalized spacial score (nSPS) is 56.8. The minimum atomic E-state index is -1.68. The highest BCUT2D eigenvalue weighted by molar-refractivity contribution is 5.22. The molecule has 0 spiro atoms. The first-order valence-corrected chi connectivity index (χ1v) is 20.8. The summed E-state index contributed by atoms with van der Waals surface area (Å²) < 4.78 is 31.6. The summed E-state index contributed by atoms with van der Waals surface area (Å²) in [5, 5.41) is 98.7. The molecule has 4 aliphatic carbocycles. The second kappa shape index (κ2) is 14.3. The lowest BCUT2D eigenvalue weighted by atomic mass is 9.34. The highest BCUT2D eigenvalue weighted by Gasteiger charge is 2.74. The van der Waals surface area contributed by atoms with Gasteiger partial charge in [0.2, 0.25) is 0 Å². The molecule has 55 heavy (non-hydrogen) atoms. The molecule has 7 fully saturated rings. The quantitative estimate of drug-likeness (QED) is 0.164. The fourth-order valence-corrected chi connectivity index (χ4v) is 13.9. The average molecular weight is 787 g/mol. The van der Waals surface area contributed by atoms with Gasteiger partial charge in [-0.1, -0.05) is 34.6 Å². The van der Waals surface area contributed by atoms with Crippen molar-refractivity contribution in [1.82, 2.24) is 0 Å². The number of hydrogen-bond donors (Lipinski definition) is 9. The van der Waals surface area contributed by atoms with Crippen LogP contribution in [0.4, 0.5) is 0 Å². The highest BCUT2D eigenvalue weighted by Crippen LogP contribution is 2.76. The topological polar surface area (TPSA) is 228 Å². The van der Waals surface area contributed by atoms with Gasteiger partial charge in [-0.25, -0.2) is 0 Å². The summed E-state index contributed by atoms with van der Waals surface area (Å²) in [4.78, 5) is 0. The molecule has 1 unspecified atom stereocenters. The molecule has 21 atom stereocenters. The Labute approximate surface area is 325 Å².